The van der Waals surface area contributed by atoms with Crippen LogP contribution in [0.3, 0.4) is 0 Å². The minimum atomic E-state index is 0.237. The average Bonchev–Trinajstić information content (AvgIpc) is 2.54. The van der Waals surface area contributed by atoms with E-state index in [1.807, 2.05) is 24.3 Å². The van der Waals surface area contributed by atoms with Gasteiger partial charge in [-0.1, -0.05) is 37.1 Å². The Kier molecular flexibility index (Phi) is 10.5. The molecule has 0 spiro atoms. The highest BCUT2D eigenvalue weighted by molar-refractivity contribution is 6.30. The fourth-order valence-electron chi connectivity index (χ4n) is 2.46. The molecule has 3 N–H and O–H groups in total. The molecule has 1 aromatic rings. The smallest absolute Gasteiger partial charge is 0.191 e. The van der Waals surface area contributed by atoms with Crippen LogP contribution in [-0.4, -0.2) is 37.3 Å². The van der Waals surface area contributed by atoms with E-state index in [1.165, 1.54) is 5.56 Å². The van der Waals surface area contributed by atoms with Gasteiger partial charge in [0.2, 0.25) is 0 Å². The maximum atomic E-state index is 9.13. The Morgan fingerprint density at radius 1 is 1.17 bits per heavy atom. The van der Waals surface area contributed by atoms with Gasteiger partial charge in [-0.05, 0) is 49.8 Å². The second-order valence-corrected chi connectivity index (χ2v) is 6.13. The zero-order chi connectivity index (χ0) is 16.9. The average molecular weight is 340 g/mol. The lowest BCUT2D eigenvalue weighted by atomic mass is 10.0. The van der Waals surface area contributed by atoms with Crippen molar-refractivity contribution in [2.24, 2.45) is 10.9 Å². The van der Waals surface area contributed by atoms with Crippen molar-refractivity contribution < 1.29 is 5.11 Å². The number of aliphatic imine (C=N–C) groups is 1. The molecule has 1 rings (SSSR count). The van der Waals surface area contributed by atoms with Crippen LogP contribution >= 0.6 is 11.6 Å². The second-order valence-electron chi connectivity index (χ2n) is 5.69. The third-order valence-corrected chi connectivity index (χ3v) is 3.96. The van der Waals surface area contributed by atoms with E-state index >= 15 is 0 Å². The highest BCUT2D eigenvalue weighted by Crippen LogP contribution is 2.11. The molecular weight excluding hydrogens is 310 g/mol. The number of aliphatic hydroxyl groups is 1. The van der Waals surface area contributed by atoms with Crippen molar-refractivity contribution in [2.75, 3.05) is 26.2 Å². The Bertz CT molecular complexity index is 442. The Balaban J connectivity index is 2.46. The van der Waals surface area contributed by atoms with Crippen molar-refractivity contribution in [3.8, 4) is 0 Å². The van der Waals surface area contributed by atoms with Crippen molar-refractivity contribution >= 4 is 17.6 Å². The van der Waals surface area contributed by atoms with Crippen molar-refractivity contribution in [1.82, 2.24) is 10.6 Å². The maximum Gasteiger partial charge on any atom is 0.191 e. The number of rotatable bonds is 10. The van der Waals surface area contributed by atoms with Crippen molar-refractivity contribution in [2.45, 2.75) is 39.5 Å². The van der Waals surface area contributed by atoms with E-state index in [1.54, 1.807) is 0 Å². The highest BCUT2D eigenvalue weighted by atomic mass is 35.5. The van der Waals surface area contributed by atoms with Crippen LogP contribution in [0.25, 0.3) is 0 Å². The van der Waals surface area contributed by atoms with Crippen LogP contribution in [0.2, 0.25) is 5.02 Å². The predicted molar refractivity (Wildman–Crippen MR) is 99.2 cm³/mol. The molecular formula is C18H30ClN3O. The molecule has 0 aliphatic rings. The van der Waals surface area contributed by atoms with E-state index in [9.17, 15) is 0 Å². The summed E-state index contributed by atoms with van der Waals surface area (Å²) >= 11 is 5.90. The van der Waals surface area contributed by atoms with Crippen LogP contribution in [-0.2, 0) is 6.42 Å². The fraction of sp³-hybridized carbons (Fsp3) is 0.611. The van der Waals surface area contributed by atoms with Gasteiger partial charge in [0.1, 0.15) is 0 Å². The lowest BCUT2D eigenvalue weighted by Crippen LogP contribution is -2.38. The summed E-state index contributed by atoms with van der Waals surface area (Å²) in [5, 5.41) is 16.5. The molecule has 5 heteroatoms. The maximum absolute atomic E-state index is 9.13. The van der Waals surface area contributed by atoms with Crippen molar-refractivity contribution in [3.05, 3.63) is 34.9 Å². The SMILES string of the molecule is CCCC(CCO)CN=C(NCC)NCCc1ccc(Cl)cc1. The molecule has 130 valence electrons. The summed E-state index contributed by atoms with van der Waals surface area (Å²) in [5.74, 6) is 1.30. The van der Waals surface area contributed by atoms with E-state index < -0.39 is 0 Å². The van der Waals surface area contributed by atoms with Crippen molar-refractivity contribution in [3.63, 3.8) is 0 Å². The van der Waals surface area contributed by atoms with Gasteiger partial charge in [-0.3, -0.25) is 4.99 Å². The first-order valence-corrected chi connectivity index (χ1v) is 8.94. The molecule has 0 saturated carbocycles. The number of halogens is 1. The molecule has 0 saturated heterocycles. The van der Waals surface area contributed by atoms with Gasteiger partial charge in [-0.2, -0.15) is 0 Å². The molecule has 1 aromatic carbocycles. The fourth-order valence-corrected chi connectivity index (χ4v) is 2.58. The predicted octanol–water partition coefficient (Wildman–Crippen LogP) is 3.24. The van der Waals surface area contributed by atoms with Crippen LogP contribution in [0, 0.1) is 5.92 Å². The lowest BCUT2D eigenvalue weighted by Gasteiger charge is -2.15. The monoisotopic (exact) mass is 339 g/mol. The first-order valence-electron chi connectivity index (χ1n) is 8.57. The van der Waals surface area contributed by atoms with E-state index in [4.69, 9.17) is 16.7 Å². The second kappa shape index (κ2) is 12.2. The number of hydrogen-bond acceptors (Lipinski definition) is 2. The lowest BCUT2D eigenvalue weighted by molar-refractivity contribution is 0.253. The van der Waals surface area contributed by atoms with Gasteiger partial charge in [0.15, 0.2) is 5.96 Å². The summed E-state index contributed by atoms with van der Waals surface area (Å²) in [7, 11) is 0. The number of hydrogen-bond donors (Lipinski definition) is 3. The molecule has 23 heavy (non-hydrogen) atoms. The summed E-state index contributed by atoms with van der Waals surface area (Å²) in [5.41, 5.74) is 1.25. The zero-order valence-corrected chi connectivity index (χ0v) is 15.1. The van der Waals surface area contributed by atoms with Crippen molar-refractivity contribution in [1.29, 1.82) is 0 Å². The largest absolute Gasteiger partial charge is 0.396 e. The molecule has 4 nitrogen and oxygen atoms in total. The highest BCUT2D eigenvalue weighted by Gasteiger charge is 2.07. The Morgan fingerprint density at radius 3 is 2.52 bits per heavy atom. The Labute approximate surface area is 145 Å². The normalized spacial score (nSPS) is 13.0. The van der Waals surface area contributed by atoms with Crippen LogP contribution in [0.15, 0.2) is 29.3 Å². The van der Waals surface area contributed by atoms with E-state index in [-0.39, 0.29) is 6.61 Å². The van der Waals surface area contributed by atoms with E-state index in [0.29, 0.717) is 5.92 Å². The van der Waals surface area contributed by atoms with Gasteiger partial charge < -0.3 is 15.7 Å². The molecule has 0 bridgehead atoms. The summed E-state index contributed by atoms with van der Waals surface area (Å²) < 4.78 is 0. The molecule has 1 unspecified atom stereocenters. The Hall–Kier alpha value is -1.26. The van der Waals surface area contributed by atoms with Crippen LogP contribution in [0.4, 0.5) is 0 Å². The minimum Gasteiger partial charge on any atom is -0.396 e. The number of benzene rings is 1. The summed E-state index contributed by atoms with van der Waals surface area (Å²) in [6, 6.07) is 7.93. The topological polar surface area (TPSA) is 56.7 Å². The quantitative estimate of drug-likeness (QED) is 0.453. The van der Waals surface area contributed by atoms with Gasteiger partial charge in [-0.15, -0.1) is 0 Å². The standard InChI is InChI=1S/C18H30ClN3O/c1-3-5-16(11-13-23)14-22-18(20-4-2)21-12-10-15-6-8-17(19)9-7-15/h6-9,16,23H,3-5,10-14H2,1-2H3,(H2,20,21,22). The van der Waals surface area contributed by atoms with Gasteiger partial charge in [0.25, 0.3) is 0 Å². The molecule has 0 aliphatic heterocycles. The Morgan fingerprint density at radius 2 is 1.91 bits per heavy atom. The van der Waals surface area contributed by atoms with Gasteiger partial charge in [-0.25, -0.2) is 0 Å². The van der Waals surface area contributed by atoms with Crippen LogP contribution in [0.5, 0.6) is 0 Å². The number of guanidine groups is 1. The number of nitrogens with one attached hydrogen (secondary N) is 2. The third kappa shape index (κ3) is 8.82. The third-order valence-electron chi connectivity index (χ3n) is 3.71. The van der Waals surface area contributed by atoms with Gasteiger partial charge in [0, 0.05) is 31.3 Å². The first kappa shape index (κ1) is 19.8. The van der Waals surface area contributed by atoms with Crippen LogP contribution in [0.1, 0.15) is 38.7 Å². The van der Waals surface area contributed by atoms with E-state index in [2.05, 4.69) is 29.5 Å². The van der Waals surface area contributed by atoms with Crippen LogP contribution < -0.4 is 10.6 Å². The zero-order valence-electron chi connectivity index (χ0n) is 14.3. The van der Waals surface area contributed by atoms with Gasteiger partial charge >= 0.3 is 0 Å². The summed E-state index contributed by atoms with van der Waals surface area (Å²) in [4.78, 5) is 4.66. The van der Waals surface area contributed by atoms with Gasteiger partial charge in [0.05, 0.1) is 0 Å². The molecule has 0 fully saturated rings. The molecule has 1 atom stereocenters. The number of aliphatic hydroxyl groups excluding tert-OH is 1. The molecule has 0 heterocycles. The number of nitrogens with zero attached hydrogens (tertiary/aromatic N) is 1. The first-order chi connectivity index (χ1) is 11.2. The minimum absolute atomic E-state index is 0.237. The molecule has 0 amide bonds. The summed E-state index contributed by atoms with van der Waals surface area (Å²) in [6.45, 7) is 6.89. The molecule has 0 radical (unpaired) electrons. The molecule has 0 aliphatic carbocycles. The van der Waals surface area contributed by atoms with E-state index in [0.717, 1.165) is 56.3 Å². The molecule has 0 aromatic heterocycles. The summed E-state index contributed by atoms with van der Waals surface area (Å²) in [6.07, 6.45) is 3.98.